The Kier molecular flexibility index (Phi) is 7.25. The second-order valence-electron chi connectivity index (χ2n) is 16.0. The van der Waals surface area contributed by atoms with E-state index >= 15 is 0 Å². The number of hydrogen-bond acceptors (Lipinski definition) is 4. The van der Waals surface area contributed by atoms with E-state index in [9.17, 15) is 0 Å². The van der Waals surface area contributed by atoms with Gasteiger partial charge < -0.3 is 4.57 Å². The van der Waals surface area contributed by atoms with E-state index in [1.807, 2.05) is 30.3 Å². The highest BCUT2D eigenvalue weighted by Gasteiger charge is 2.22. The van der Waals surface area contributed by atoms with Crippen LogP contribution in [0.3, 0.4) is 0 Å². The van der Waals surface area contributed by atoms with Gasteiger partial charge in [0.25, 0.3) is 0 Å². The smallest absolute Gasteiger partial charge is 0.165 e. The van der Waals surface area contributed by atoms with Gasteiger partial charge in [-0.3, -0.25) is 0 Å². The third-order valence-electron chi connectivity index (χ3n) is 12.3. The van der Waals surface area contributed by atoms with Crippen molar-refractivity contribution in [3.63, 3.8) is 0 Å². The maximum atomic E-state index is 9.10. The first kappa shape index (κ1) is 31.6. The average molecular weight is 838 g/mol. The maximum Gasteiger partial charge on any atom is 0.165 e. The van der Waals surface area contributed by atoms with Gasteiger partial charge in [-0.05, 0) is 80.2 Å². The van der Waals surface area contributed by atoms with Crippen molar-refractivity contribution < 1.29 is 6.85 Å². The van der Waals surface area contributed by atoms with Gasteiger partial charge in [0.2, 0.25) is 0 Å². The molecule has 0 saturated carbocycles. The monoisotopic (exact) mass is 837 g/mol. The lowest BCUT2D eigenvalue weighted by Crippen LogP contribution is -2.01. The fourth-order valence-electron chi connectivity index (χ4n) is 9.36. The van der Waals surface area contributed by atoms with Crippen molar-refractivity contribution in [1.82, 2.24) is 19.5 Å². The average Bonchev–Trinajstić information content (AvgIpc) is 3.95. The number of rotatable bonds is 6. The molecule has 0 unspecified atom stereocenters. The van der Waals surface area contributed by atoms with Crippen LogP contribution in [-0.2, 0) is 0 Å². The molecule has 5 heteroatoms. The van der Waals surface area contributed by atoms with Crippen LogP contribution < -0.4 is 0 Å². The minimum atomic E-state index is -0.485. The van der Waals surface area contributed by atoms with Crippen LogP contribution in [0, 0.1) is 0 Å². The zero-order valence-corrected chi connectivity index (χ0v) is 34.9. The summed E-state index contributed by atoms with van der Waals surface area (Å²) in [5.41, 5.74) is 8.76. The first-order valence-corrected chi connectivity index (χ1v) is 22.0. The summed E-state index contributed by atoms with van der Waals surface area (Å²) in [5.74, 6) is 0.611. The Labute approximate surface area is 380 Å². The Morgan fingerprint density at radius 2 is 0.969 bits per heavy atom. The van der Waals surface area contributed by atoms with Crippen LogP contribution in [0.1, 0.15) is 6.85 Å². The van der Waals surface area contributed by atoms with E-state index in [1.54, 1.807) is 11.3 Å². The van der Waals surface area contributed by atoms with E-state index in [2.05, 4.69) is 162 Å². The van der Waals surface area contributed by atoms with Gasteiger partial charge >= 0.3 is 0 Å². The minimum absolute atomic E-state index is 0.0134. The quantitative estimate of drug-likeness (QED) is 0.157. The highest BCUT2D eigenvalue weighted by molar-refractivity contribution is 7.26. The minimum Gasteiger partial charge on any atom is -0.309 e. The number of fused-ring (bicyclic) bond motifs is 9. The molecule has 0 spiro atoms. The van der Waals surface area contributed by atoms with E-state index in [4.69, 9.17) is 21.8 Å². The molecule has 0 aliphatic carbocycles. The van der Waals surface area contributed by atoms with Gasteiger partial charge in [0.15, 0.2) is 17.5 Å². The lowest BCUT2D eigenvalue weighted by atomic mass is 9.97. The summed E-state index contributed by atoms with van der Waals surface area (Å²) < 4.78 is 48.3. The molecule has 0 radical (unpaired) electrons. The lowest BCUT2D eigenvalue weighted by Gasteiger charge is -2.13. The summed E-state index contributed by atoms with van der Waals surface area (Å²) >= 11 is 1.67. The fourth-order valence-corrected chi connectivity index (χ4v) is 10.7. The summed E-state index contributed by atoms with van der Waals surface area (Å²) in [5, 5.41) is 8.65. The molecule has 0 saturated heterocycles. The number of para-hydroxylation sites is 2. The molecule has 3 heterocycles. The lowest BCUT2D eigenvalue weighted by molar-refractivity contribution is 1.08. The molecule has 0 aliphatic rings. The first-order valence-electron chi connectivity index (χ1n) is 23.7. The zero-order chi connectivity index (χ0) is 46.5. The molecule has 298 valence electrons. The van der Waals surface area contributed by atoms with Crippen molar-refractivity contribution >= 4 is 74.9 Å². The van der Waals surface area contributed by atoms with Crippen molar-refractivity contribution in [2.45, 2.75) is 0 Å². The Morgan fingerprint density at radius 1 is 0.359 bits per heavy atom. The van der Waals surface area contributed by atoms with Crippen LogP contribution in [0.2, 0.25) is 0 Å². The third-order valence-corrected chi connectivity index (χ3v) is 13.6. The largest absolute Gasteiger partial charge is 0.309 e. The molecule has 0 fully saturated rings. The highest BCUT2D eigenvalue weighted by Crippen LogP contribution is 2.46. The molecule has 13 aromatic rings. The van der Waals surface area contributed by atoms with Crippen LogP contribution in [0.15, 0.2) is 218 Å². The van der Waals surface area contributed by atoms with Gasteiger partial charge in [0, 0.05) is 53.3 Å². The molecule has 0 N–H and O–H groups in total. The zero-order valence-electron chi connectivity index (χ0n) is 39.1. The van der Waals surface area contributed by atoms with E-state index in [1.165, 1.54) is 0 Å². The molecule has 0 aliphatic heterocycles. The molecular formula is C59H36N4S. The van der Waals surface area contributed by atoms with Crippen molar-refractivity contribution in [1.29, 1.82) is 0 Å². The summed E-state index contributed by atoms with van der Waals surface area (Å²) in [6.07, 6.45) is 0. The normalized spacial score (nSPS) is 12.8. The molecule has 0 bridgehead atoms. The van der Waals surface area contributed by atoms with Crippen molar-refractivity contribution in [3.05, 3.63) is 218 Å². The van der Waals surface area contributed by atoms with Gasteiger partial charge in [0.05, 0.1) is 17.9 Å². The molecule has 13 rings (SSSR count). The molecule has 4 nitrogen and oxygen atoms in total. The van der Waals surface area contributed by atoms with Crippen LogP contribution in [-0.4, -0.2) is 19.5 Å². The SMILES string of the molecule is [2H]c1c([2H])c([2H])c(-c2nc(-c3ccc4c(ccc5ccccc54)c3)nc(-c3cc(-n4c5ccccc5c5ccccc54)cc4c3sc3c(-c5cccc(-c6ccccc6)c5)cccc34)n2)c([2H])c1[2H]. The molecule has 10 aromatic carbocycles. The van der Waals surface area contributed by atoms with Gasteiger partial charge in [-0.2, -0.15) is 0 Å². The molecular weight excluding hydrogens is 797 g/mol. The summed E-state index contributed by atoms with van der Waals surface area (Å²) in [7, 11) is 0. The summed E-state index contributed by atoms with van der Waals surface area (Å²) in [6, 6.07) is 63.1. The van der Waals surface area contributed by atoms with E-state index in [-0.39, 0.29) is 23.5 Å². The number of thiophene rings is 1. The highest BCUT2D eigenvalue weighted by atomic mass is 32.1. The number of hydrogen-bond donors (Lipinski definition) is 0. The fraction of sp³-hybridized carbons (Fsp3) is 0. The second-order valence-corrected chi connectivity index (χ2v) is 17.0. The van der Waals surface area contributed by atoms with Gasteiger partial charge in [-0.15, -0.1) is 11.3 Å². The standard InChI is InChI=1S/C59H36N4S/c1-3-15-37(16-4-1)40-20-13-21-41(33-40)47-25-14-26-50-51-35-44(63-53-27-11-9-23-48(53)49-24-10-12-28-54(49)63)36-52(56(51)64-55(47)50)59-61-57(39-18-5-2-6-19-39)60-58(62-59)43-31-32-46-42(34-43)30-29-38-17-7-8-22-45(38)46/h1-36H/i2D,5D,6D,18D,19D. The van der Waals surface area contributed by atoms with E-state index < -0.39 is 18.1 Å². The van der Waals surface area contributed by atoms with Crippen molar-refractivity contribution in [3.8, 4) is 62.1 Å². The Morgan fingerprint density at radius 3 is 1.78 bits per heavy atom. The third kappa shape index (κ3) is 5.93. The van der Waals surface area contributed by atoms with Crippen LogP contribution >= 0.6 is 11.3 Å². The molecule has 0 atom stereocenters. The Hall–Kier alpha value is -8.25. The summed E-state index contributed by atoms with van der Waals surface area (Å²) in [4.78, 5) is 15.4. The summed E-state index contributed by atoms with van der Waals surface area (Å²) in [6.45, 7) is 0. The van der Waals surface area contributed by atoms with Crippen molar-refractivity contribution in [2.24, 2.45) is 0 Å². The number of aromatic nitrogens is 4. The predicted octanol–water partition coefficient (Wildman–Crippen LogP) is 16.0. The van der Waals surface area contributed by atoms with Crippen LogP contribution in [0.4, 0.5) is 0 Å². The Bertz CT molecular complexity index is 4200. The van der Waals surface area contributed by atoms with Gasteiger partial charge in [-0.25, -0.2) is 15.0 Å². The van der Waals surface area contributed by atoms with Crippen LogP contribution in [0.5, 0.6) is 0 Å². The van der Waals surface area contributed by atoms with Crippen LogP contribution in [0.25, 0.3) is 126 Å². The topological polar surface area (TPSA) is 43.6 Å². The second kappa shape index (κ2) is 14.7. The van der Waals surface area contributed by atoms with Crippen molar-refractivity contribution in [2.75, 3.05) is 0 Å². The first-order chi connectivity index (χ1) is 33.8. The van der Waals surface area contributed by atoms with E-state index in [0.29, 0.717) is 17.2 Å². The van der Waals surface area contributed by atoms with E-state index in [0.717, 1.165) is 97.0 Å². The number of nitrogens with zero attached hydrogens (tertiary/aromatic N) is 4. The molecule has 3 aromatic heterocycles. The van der Waals surface area contributed by atoms with Gasteiger partial charge in [-0.1, -0.05) is 182 Å². The van der Waals surface area contributed by atoms with Gasteiger partial charge in [0.1, 0.15) is 0 Å². The molecule has 64 heavy (non-hydrogen) atoms. The predicted molar refractivity (Wildman–Crippen MR) is 269 cm³/mol. The Balaban J connectivity index is 1.12. The maximum absolute atomic E-state index is 9.10. The number of benzene rings is 10. The molecule has 0 amide bonds.